The van der Waals surface area contributed by atoms with Crippen molar-refractivity contribution in [1.82, 2.24) is 0 Å². The third kappa shape index (κ3) is 3.27. The number of phenols is 2. The Balaban J connectivity index is 2.30. The smallest absolute Gasteiger partial charge is 0.340 e. The van der Waals surface area contributed by atoms with Crippen molar-refractivity contribution in [3.8, 4) is 11.5 Å². The van der Waals surface area contributed by atoms with Crippen LogP contribution >= 0.6 is 31.9 Å². The number of phenolic OH excluding ortho intramolecular Hbond substituents is 2. The molecule has 1 aliphatic heterocycles. The fourth-order valence-corrected chi connectivity index (χ4v) is 5.84. The molecule has 0 atom stereocenters. The van der Waals surface area contributed by atoms with Gasteiger partial charge in [-0.1, -0.05) is 31.9 Å². The highest BCUT2D eigenvalue weighted by Gasteiger charge is 2.53. The molecule has 4 rings (SSSR count). The van der Waals surface area contributed by atoms with Crippen molar-refractivity contribution in [3.63, 3.8) is 0 Å². The van der Waals surface area contributed by atoms with Crippen LogP contribution in [0.25, 0.3) is 0 Å². The second-order valence-electron chi connectivity index (χ2n) is 8.19. The van der Waals surface area contributed by atoms with Crippen LogP contribution in [0.2, 0.25) is 0 Å². The number of aromatic hydroxyl groups is 2. The fourth-order valence-electron chi connectivity index (χ4n) is 4.46. The molecular formula is C25H20Br2O6. The van der Waals surface area contributed by atoms with Gasteiger partial charge in [-0.25, -0.2) is 9.59 Å². The number of hydrogen-bond donors (Lipinski definition) is 3. The van der Waals surface area contributed by atoms with E-state index in [-0.39, 0.29) is 22.6 Å². The third-order valence-electron chi connectivity index (χ3n) is 6.17. The van der Waals surface area contributed by atoms with E-state index >= 15 is 0 Å². The van der Waals surface area contributed by atoms with Gasteiger partial charge < -0.3 is 20.1 Å². The van der Waals surface area contributed by atoms with E-state index in [9.17, 15) is 24.9 Å². The first kappa shape index (κ1) is 23.3. The zero-order valence-corrected chi connectivity index (χ0v) is 21.4. The molecule has 1 heterocycles. The zero-order chi connectivity index (χ0) is 24.4. The molecule has 8 heteroatoms. The largest absolute Gasteiger partial charge is 0.508 e. The van der Waals surface area contributed by atoms with Crippen LogP contribution in [0.15, 0.2) is 39.3 Å². The number of benzene rings is 3. The summed E-state index contributed by atoms with van der Waals surface area (Å²) in [5.41, 5.74) is 2.03. The Morgan fingerprint density at radius 1 is 0.879 bits per heavy atom. The SMILES string of the molecule is Cc1cc(O)c(C)c(C2(c3c(C)c(O)cc(C)c3Br)OC(=O)c3ccc(C(=O)O)cc32)c1Br. The van der Waals surface area contributed by atoms with Crippen LogP contribution in [0, 0.1) is 27.7 Å². The van der Waals surface area contributed by atoms with E-state index in [0.717, 1.165) is 0 Å². The molecule has 3 aromatic carbocycles. The summed E-state index contributed by atoms with van der Waals surface area (Å²) in [4.78, 5) is 25.0. The van der Waals surface area contributed by atoms with Crippen molar-refractivity contribution < 1.29 is 29.6 Å². The summed E-state index contributed by atoms with van der Waals surface area (Å²) < 4.78 is 7.33. The maximum Gasteiger partial charge on any atom is 0.340 e. The molecule has 0 saturated carbocycles. The summed E-state index contributed by atoms with van der Waals surface area (Å²) in [7, 11) is 0. The lowest BCUT2D eigenvalue weighted by molar-refractivity contribution is 0.0242. The first-order valence-corrected chi connectivity index (χ1v) is 11.6. The van der Waals surface area contributed by atoms with E-state index in [1.807, 2.05) is 0 Å². The third-order valence-corrected chi connectivity index (χ3v) is 8.22. The van der Waals surface area contributed by atoms with E-state index in [1.165, 1.54) is 18.2 Å². The Morgan fingerprint density at radius 2 is 1.36 bits per heavy atom. The Labute approximate surface area is 207 Å². The van der Waals surface area contributed by atoms with E-state index in [0.29, 0.717) is 47.9 Å². The molecule has 0 saturated heterocycles. The van der Waals surface area contributed by atoms with E-state index in [4.69, 9.17) is 4.74 Å². The predicted molar refractivity (Wildman–Crippen MR) is 129 cm³/mol. The van der Waals surface area contributed by atoms with Gasteiger partial charge in [0.25, 0.3) is 0 Å². The molecule has 0 unspecified atom stereocenters. The number of ether oxygens (including phenoxy) is 1. The van der Waals surface area contributed by atoms with Gasteiger partial charge in [-0.05, 0) is 80.3 Å². The molecule has 0 spiro atoms. The number of esters is 1. The summed E-state index contributed by atoms with van der Waals surface area (Å²) in [6.45, 7) is 6.98. The van der Waals surface area contributed by atoms with Crippen molar-refractivity contribution >= 4 is 43.8 Å². The molecule has 33 heavy (non-hydrogen) atoms. The maximum absolute atomic E-state index is 13.2. The van der Waals surface area contributed by atoms with Crippen LogP contribution in [0.3, 0.4) is 0 Å². The second-order valence-corrected chi connectivity index (χ2v) is 9.78. The average Bonchev–Trinajstić information content (AvgIpc) is 3.03. The molecule has 6 nitrogen and oxygen atoms in total. The summed E-state index contributed by atoms with van der Waals surface area (Å²) >= 11 is 7.23. The van der Waals surface area contributed by atoms with Crippen LogP contribution in [-0.4, -0.2) is 27.3 Å². The van der Waals surface area contributed by atoms with Crippen molar-refractivity contribution in [2.45, 2.75) is 33.3 Å². The van der Waals surface area contributed by atoms with E-state index in [1.54, 1.807) is 39.8 Å². The van der Waals surface area contributed by atoms with Crippen LogP contribution in [0.4, 0.5) is 0 Å². The molecule has 1 aliphatic rings. The van der Waals surface area contributed by atoms with Crippen LogP contribution in [-0.2, 0) is 10.3 Å². The Bertz CT molecular complexity index is 1260. The average molecular weight is 576 g/mol. The minimum Gasteiger partial charge on any atom is -0.508 e. The highest BCUT2D eigenvalue weighted by Crippen LogP contribution is 2.55. The number of halogens is 2. The second kappa shape index (κ2) is 7.88. The molecule has 0 radical (unpaired) electrons. The highest BCUT2D eigenvalue weighted by molar-refractivity contribution is 9.11. The van der Waals surface area contributed by atoms with Gasteiger partial charge in [-0.2, -0.15) is 0 Å². The quantitative estimate of drug-likeness (QED) is 0.330. The molecule has 3 aromatic rings. The minimum atomic E-state index is -1.64. The number of fused-ring (bicyclic) bond motifs is 1. The van der Waals surface area contributed by atoms with Crippen LogP contribution < -0.4 is 0 Å². The number of carboxylic acid groups (broad SMARTS) is 1. The number of aryl methyl sites for hydroxylation is 2. The summed E-state index contributed by atoms with van der Waals surface area (Å²) in [5.74, 6) is -1.80. The van der Waals surface area contributed by atoms with Gasteiger partial charge in [-0.3, -0.25) is 0 Å². The van der Waals surface area contributed by atoms with Crippen molar-refractivity contribution in [1.29, 1.82) is 0 Å². The first-order valence-electron chi connectivity index (χ1n) is 10.0. The number of cyclic esters (lactones) is 1. The molecule has 3 N–H and O–H groups in total. The summed E-state index contributed by atoms with van der Waals surface area (Å²) in [6.07, 6.45) is 0. The van der Waals surface area contributed by atoms with Crippen LogP contribution in [0.1, 0.15) is 59.7 Å². The monoisotopic (exact) mass is 574 g/mol. The Hall–Kier alpha value is -2.84. The number of rotatable bonds is 3. The summed E-state index contributed by atoms with van der Waals surface area (Å²) in [5, 5.41) is 31.1. The van der Waals surface area contributed by atoms with Crippen molar-refractivity contribution in [2.75, 3.05) is 0 Å². The Morgan fingerprint density at radius 3 is 1.82 bits per heavy atom. The number of carboxylic acids is 1. The molecule has 0 fully saturated rings. The molecule has 0 bridgehead atoms. The fraction of sp³-hybridized carbons (Fsp3) is 0.200. The lowest BCUT2D eigenvalue weighted by atomic mass is 9.75. The summed E-state index contributed by atoms with van der Waals surface area (Å²) in [6, 6.07) is 7.39. The first-order chi connectivity index (χ1) is 15.4. The van der Waals surface area contributed by atoms with Gasteiger partial charge in [0.2, 0.25) is 0 Å². The molecular weight excluding hydrogens is 556 g/mol. The van der Waals surface area contributed by atoms with Gasteiger partial charge >= 0.3 is 11.9 Å². The van der Waals surface area contributed by atoms with Gasteiger partial charge in [0.05, 0.1) is 11.1 Å². The predicted octanol–water partition coefficient (Wildman–Crippen LogP) is 6.02. The van der Waals surface area contributed by atoms with Crippen LogP contribution in [0.5, 0.6) is 11.5 Å². The highest BCUT2D eigenvalue weighted by atomic mass is 79.9. The van der Waals surface area contributed by atoms with Gasteiger partial charge in [0.1, 0.15) is 11.5 Å². The van der Waals surface area contributed by atoms with E-state index in [2.05, 4.69) is 31.9 Å². The molecule has 0 amide bonds. The lowest BCUT2D eigenvalue weighted by Crippen LogP contribution is -2.33. The normalized spacial score (nSPS) is 14.2. The Kier molecular flexibility index (Phi) is 5.57. The van der Waals surface area contributed by atoms with Gasteiger partial charge in [-0.15, -0.1) is 0 Å². The minimum absolute atomic E-state index is 0.00499. The zero-order valence-electron chi connectivity index (χ0n) is 18.2. The molecule has 170 valence electrons. The van der Waals surface area contributed by atoms with Crippen molar-refractivity contribution in [2.24, 2.45) is 0 Å². The molecule has 0 aliphatic carbocycles. The number of carbonyl (C=O) groups excluding carboxylic acids is 1. The number of aromatic carboxylic acids is 1. The number of hydrogen-bond acceptors (Lipinski definition) is 5. The lowest BCUT2D eigenvalue weighted by Gasteiger charge is -2.35. The van der Waals surface area contributed by atoms with Crippen molar-refractivity contribution in [3.05, 3.63) is 89.3 Å². The number of carbonyl (C=O) groups is 2. The maximum atomic E-state index is 13.2. The standard InChI is InChI=1S/C25H20Br2O6/c1-10-7-17(28)12(3)19(21(10)26)25(20-13(4)18(29)8-11(2)22(20)27)16-9-14(23(30)31)5-6-15(16)24(32)33-25/h5-9,28-29H,1-4H3,(H,30,31). The topological polar surface area (TPSA) is 104 Å². The van der Waals surface area contributed by atoms with E-state index < -0.39 is 17.5 Å². The van der Waals surface area contributed by atoms with Gasteiger partial charge in [0, 0.05) is 25.6 Å². The molecule has 0 aromatic heterocycles. The van der Waals surface area contributed by atoms with Gasteiger partial charge in [0.15, 0.2) is 5.60 Å².